The molecule has 4 aromatic carbocycles. The van der Waals surface area contributed by atoms with Gasteiger partial charge in [-0.25, -0.2) is 24.0 Å². The van der Waals surface area contributed by atoms with Gasteiger partial charge >= 0.3 is 29.8 Å². The van der Waals surface area contributed by atoms with Gasteiger partial charge in [-0.15, -0.1) is 0 Å². The van der Waals surface area contributed by atoms with Crippen LogP contribution in [0.25, 0.3) is 17.2 Å². The molecule has 0 bridgehead atoms. The molecule has 342 valence electrons. The molecule has 0 amide bonds. The lowest BCUT2D eigenvalue weighted by atomic mass is 9.89. The standard InChI is InChI=1S/C53H58O12/c1-36(2)49(55)61-31-12-10-9-11-30-59-44-22-18-42(19-23-44)41-16-13-40(14-17-41)15-28-48(54)65-47-27-26-46(33-39(47)7)64-52(58)43-20-24-45(25-21-43)60-32-29-53(8,34-62-50(56)37(3)4)35-63-51(57)38(5)6/h13-28,33H,1,3,5,9-12,29-32,34-35H2,2,4,6-8H3/b28-15+. The smallest absolute Gasteiger partial charge is 0.343 e. The van der Waals surface area contributed by atoms with E-state index in [0.29, 0.717) is 42.3 Å². The zero-order chi connectivity index (χ0) is 47.4. The van der Waals surface area contributed by atoms with Crippen LogP contribution in [-0.2, 0) is 33.4 Å². The molecule has 0 aliphatic heterocycles. The number of unbranched alkanes of at least 4 members (excludes halogenated alkanes) is 3. The fourth-order valence-corrected chi connectivity index (χ4v) is 5.85. The van der Waals surface area contributed by atoms with Crippen LogP contribution in [0.1, 0.15) is 81.3 Å². The van der Waals surface area contributed by atoms with Crippen molar-refractivity contribution < 1.29 is 57.1 Å². The van der Waals surface area contributed by atoms with Crippen molar-refractivity contribution in [2.75, 3.05) is 33.0 Å². The number of aryl methyl sites for hydroxylation is 1. The number of esters is 5. The summed E-state index contributed by atoms with van der Waals surface area (Å²) >= 11 is 0. The van der Waals surface area contributed by atoms with E-state index < -0.39 is 29.3 Å². The Bertz CT molecular complexity index is 2310. The molecule has 0 aromatic heterocycles. The largest absolute Gasteiger partial charge is 0.494 e. The zero-order valence-electron chi connectivity index (χ0n) is 37.9. The first kappa shape index (κ1) is 50.4. The van der Waals surface area contributed by atoms with Crippen molar-refractivity contribution >= 4 is 35.9 Å². The molecular weight excluding hydrogens is 829 g/mol. The minimum Gasteiger partial charge on any atom is -0.494 e. The molecule has 0 unspecified atom stereocenters. The summed E-state index contributed by atoms with van der Waals surface area (Å²) in [6.07, 6.45) is 7.05. The number of carbonyl (C=O) groups excluding carboxylic acids is 5. The van der Waals surface area contributed by atoms with Crippen LogP contribution >= 0.6 is 0 Å². The van der Waals surface area contributed by atoms with Crippen molar-refractivity contribution in [1.29, 1.82) is 0 Å². The average molecular weight is 887 g/mol. The van der Waals surface area contributed by atoms with Crippen molar-refractivity contribution in [3.8, 4) is 34.1 Å². The van der Waals surface area contributed by atoms with E-state index in [1.54, 1.807) is 76.2 Å². The fourth-order valence-electron chi connectivity index (χ4n) is 5.85. The summed E-state index contributed by atoms with van der Waals surface area (Å²) in [6.45, 7) is 20.2. The predicted octanol–water partition coefficient (Wildman–Crippen LogP) is 10.6. The highest BCUT2D eigenvalue weighted by Crippen LogP contribution is 2.28. The Morgan fingerprint density at radius 1 is 0.569 bits per heavy atom. The third kappa shape index (κ3) is 17.5. The minimum absolute atomic E-state index is 0.0222. The predicted molar refractivity (Wildman–Crippen MR) is 249 cm³/mol. The molecular formula is C53H58O12. The molecule has 0 radical (unpaired) electrons. The SMILES string of the molecule is C=C(C)C(=O)OCCCCCCOc1ccc(-c2ccc(/C=C/C(=O)Oc3ccc(OC(=O)c4ccc(OCCC(C)(COC(=O)C(=C)C)COC(=O)C(=C)C)cc4)cc3C)cc2)cc1. The number of carbonyl (C=O) groups is 5. The van der Waals surface area contributed by atoms with E-state index in [0.717, 1.165) is 48.1 Å². The minimum atomic E-state index is -0.751. The molecule has 0 aliphatic carbocycles. The number of rotatable bonds is 25. The first-order valence-electron chi connectivity index (χ1n) is 21.3. The van der Waals surface area contributed by atoms with E-state index in [1.165, 1.54) is 6.08 Å². The van der Waals surface area contributed by atoms with Crippen LogP contribution in [0.15, 0.2) is 134 Å². The van der Waals surface area contributed by atoms with Crippen LogP contribution in [0.5, 0.6) is 23.0 Å². The number of hydrogen-bond donors (Lipinski definition) is 0. The Balaban J connectivity index is 1.19. The second kappa shape index (κ2) is 25.2. The van der Waals surface area contributed by atoms with Crippen LogP contribution in [0.4, 0.5) is 0 Å². The van der Waals surface area contributed by atoms with Gasteiger partial charge in [0.1, 0.15) is 36.2 Å². The van der Waals surface area contributed by atoms with Gasteiger partial charge in [0, 0.05) is 28.2 Å². The third-order valence-electron chi connectivity index (χ3n) is 9.83. The van der Waals surface area contributed by atoms with Gasteiger partial charge in [0.25, 0.3) is 0 Å². The van der Waals surface area contributed by atoms with Gasteiger partial charge in [0.15, 0.2) is 0 Å². The quantitative estimate of drug-likeness (QED) is 0.0205. The van der Waals surface area contributed by atoms with Gasteiger partial charge in [-0.3, -0.25) is 0 Å². The van der Waals surface area contributed by atoms with Gasteiger partial charge in [-0.1, -0.05) is 63.1 Å². The first-order chi connectivity index (χ1) is 31.0. The summed E-state index contributed by atoms with van der Waals surface area (Å²) in [5.41, 5.74) is 3.90. The van der Waals surface area contributed by atoms with Gasteiger partial charge in [-0.2, -0.15) is 0 Å². The average Bonchev–Trinajstić information content (AvgIpc) is 3.29. The summed E-state index contributed by atoms with van der Waals surface area (Å²) < 4.78 is 38.7. The Labute approximate surface area is 381 Å². The van der Waals surface area contributed by atoms with E-state index in [9.17, 15) is 24.0 Å². The maximum atomic E-state index is 13.0. The second-order valence-corrected chi connectivity index (χ2v) is 16.0. The Morgan fingerprint density at radius 2 is 1.06 bits per heavy atom. The molecule has 12 nitrogen and oxygen atoms in total. The Hall–Kier alpha value is -7.21. The molecule has 0 fully saturated rings. The van der Waals surface area contributed by atoms with Crippen molar-refractivity contribution in [1.82, 2.24) is 0 Å². The van der Waals surface area contributed by atoms with Crippen molar-refractivity contribution in [2.45, 2.75) is 66.7 Å². The van der Waals surface area contributed by atoms with Gasteiger partial charge < -0.3 is 33.2 Å². The van der Waals surface area contributed by atoms with Gasteiger partial charge in [0.2, 0.25) is 0 Å². The highest BCUT2D eigenvalue weighted by molar-refractivity contribution is 5.92. The molecule has 0 aliphatic rings. The van der Waals surface area contributed by atoms with Crippen molar-refractivity contribution in [2.24, 2.45) is 5.41 Å². The molecule has 0 heterocycles. The van der Waals surface area contributed by atoms with Gasteiger partial charge in [0.05, 0.1) is 25.4 Å². The highest BCUT2D eigenvalue weighted by Gasteiger charge is 2.29. The van der Waals surface area contributed by atoms with Crippen LogP contribution < -0.4 is 18.9 Å². The monoisotopic (exact) mass is 886 g/mol. The maximum absolute atomic E-state index is 13.0. The molecule has 0 saturated heterocycles. The highest BCUT2D eigenvalue weighted by atomic mass is 16.6. The third-order valence-corrected chi connectivity index (χ3v) is 9.83. The molecule has 0 atom stereocenters. The lowest BCUT2D eigenvalue weighted by Gasteiger charge is -2.28. The van der Waals surface area contributed by atoms with Crippen molar-refractivity contribution in [3.63, 3.8) is 0 Å². The Morgan fingerprint density at radius 3 is 1.62 bits per heavy atom. The molecule has 4 rings (SSSR count). The van der Waals surface area contributed by atoms with E-state index in [4.69, 9.17) is 33.2 Å². The van der Waals surface area contributed by atoms with Crippen LogP contribution in [0.3, 0.4) is 0 Å². The van der Waals surface area contributed by atoms with Crippen molar-refractivity contribution in [3.05, 3.63) is 150 Å². The van der Waals surface area contributed by atoms with E-state index in [1.807, 2.05) is 55.5 Å². The molecule has 65 heavy (non-hydrogen) atoms. The summed E-state index contributed by atoms with van der Waals surface area (Å²) in [5, 5.41) is 0. The van der Waals surface area contributed by atoms with Crippen LogP contribution in [0, 0.1) is 12.3 Å². The zero-order valence-corrected chi connectivity index (χ0v) is 37.9. The lowest BCUT2D eigenvalue weighted by molar-refractivity contribution is -0.149. The summed E-state index contributed by atoms with van der Waals surface area (Å²) in [5.74, 6) is -0.727. The molecule has 0 spiro atoms. The second-order valence-electron chi connectivity index (χ2n) is 16.0. The molecule has 0 saturated carbocycles. The first-order valence-corrected chi connectivity index (χ1v) is 21.3. The molecule has 4 aromatic rings. The molecule has 12 heteroatoms. The van der Waals surface area contributed by atoms with Crippen LogP contribution in [0.2, 0.25) is 0 Å². The summed E-state index contributed by atoms with van der Waals surface area (Å²) in [7, 11) is 0. The van der Waals surface area contributed by atoms with E-state index in [2.05, 4.69) is 19.7 Å². The van der Waals surface area contributed by atoms with E-state index >= 15 is 0 Å². The normalized spacial score (nSPS) is 11.0. The summed E-state index contributed by atoms with van der Waals surface area (Å²) in [4.78, 5) is 61.1. The van der Waals surface area contributed by atoms with Crippen LogP contribution in [-0.4, -0.2) is 62.9 Å². The lowest BCUT2D eigenvalue weighted by Crippen LogP contribution is -2.33. The number of ether oxygens (including phenoxy) is 7. The number of benzene rings is 4. The fraction of sp³-hybridized carbons (Fsp3) is 0.302. The molecule has 0 N–H and O–H groups in total. The van der Waals surface area contributed by atoms with Gasteiger partial charge in [-0.05, 0) is 143 Å². The summed E-state index contributed by atoms with van der Waals surface area (Å²) in [6, 6.07) is 26.8. The Kier molecular flexibility index (Phi) is 19.5. The topological polar surface area (TPSA) is 150 Å². The van der Waals surface area contributed by atoms with E-state index in [-0.39, 0.29) is 48.2 Å². The number of hydrogen-bond acceptors (Lipinski definition) is 12. The maximum Gasteiger partial charge on any atom is 0.343 e.